The summed E-state index contributed by atoms with van der Waals surface area (Å²) in [5, 5.41) is 8.02. The molecule has 24 heavy (non-hydrogen) atoms. The first-order valence-electron chi connectivity index (χ1n) is 8.45. The third kappa shape index (κ3) is 3.60. The first kappa shape index (κ1) is 16.5. The van der Waals surface area contributed by atoms with Crippen molar-refractivity contribution in [2.24, 2.45) is 0 Å². The van der Waals surface area contributed by atoms with Gasteiger partial charge in [-0.2, -0.15) is 0 Å². The lowest BCUT2D eigenvalue weighted by Gasteiger charge is -2.24. The summed E-state index contributed by atoms with van der Waals surface area (Å²) in [7, 11) is 0. The van der Waals surface area contributed by atoms with E-state index in [0.29, 0.717) is 24.6 Å². The zero-order chi connectivity index (χ0) is 17.1. The number of aromatic nitrogens is 4. The van der Waals surface area contributed by atoms with Gasteiger partial charge >= 0.3 is 0 Å². The summed E-state index contributed by atoms with van der Waals surface area (Å²) in [6.45, 7) is 6.68. The average molecular weight is 329 g/mol. The monoisotopic (exact) mass is 329 g/mol. The Kier molecular flexibility index (Phi) is 4.87. The van der Waals surface area contributed by atoms with Gasteiger partial charge in [-0.1, -0.05) is 13.8 Å². The van der Waals surface area contributed by atoms with Gasteiger partial charge in [0.15, 0.2) is 0 Å². The number of aryl methyl sites for hydroxylation is 2. The van der Waals surface area contributed by atoms with Crippen LogP contribution in [0.15, 0.2) is 16.8 Å². The molecule has 0 spiro atoms. The van der Waals surface area contributed by atoms with Gasteiger partial charge in [0.05, 0.1) is 23.6 Å². The van der Waals surface area contributed by atoms with Crippen LogP contribution in [-0.4, -0.2) is 37.5 Å². The van der Waals surface area contributed by atoms with Crippen LogP contribution >= 0.6 is 0 Å². The van der Waals surface area contributed by atoms with Crippen molar-refractivity contribution in [2.75, 3.05) is 6.54 Å². The zero-order valence-electron chi connectivity index (χ0n) is 14.4. The standard InChI is InChI=1S/C17H23N5O2/c1-11(2)17-21-20-15(24-17)6-7-16(23)22-8-4-5-14(22)13-10-18-9-12(3)19-13/h9-11,14H,4-8H2,1-3H3/t14-/m1/s1. The normalized spacial score (nSPS) is 17.7. The van der Waals surface area contributed by atoms with E-state index in [1.807, 2.05) is 25.7 Å². The molecule has 3 rings (SSSR count). The van der Waals surface area contributed by atoms with Crippen LogP contribution in [-0.2, 0) is 11.2 Å². The molecule has 7 nitrogen and oxygen atoms in total. The van der Waals surface area contributed by atoms with Crippen molar-refractivity contribution >= 4 is 5.91 Å². The fraction of sp³-hybridized carbons (Fsp3) is 0.588. The van der Waals surface area contributed by atoms with Gasteiger partial charge in [0, 0.05) is 31.5 Å². The average Bonchev–Trinajstić information content (AvgIpc) is 3.22. The van der Waals surface area contributed by atoms with Crippen molar-refractivity contribution in [2.45, 2.75) is 58.4 Å². The maximum atomic E-state index is 12.6. The molecule has 0 unspecified atom stereocenters. The van der Waals surface area contributed by atoms with Crippen LogP contribution in [0.1, 0.15) is 68.2 Å². The smallest absolute Gasteiger partial charge is 0.223 e. The van der Waals surface area contributed by atoms with E-state index in [4.69, 9.17) is 4.42 Å². The summed E-state index contributed by atoms with van der Waals surface area (Å²) in [5.74, 6) is 1.44. The minimum absolute atomic E-state index is 0.0267. The Labute approximate surface area is 141 Å². The van der Waals surface area contributed by atoms with Crippen molar-refractivity contribution in [3.05, 3.63) is 35.6 Å². The number of nitrogens with zero attached hydrogens (tertiary/aromatic N) is 5. The second-order valence-corrected chi connectivity index (χ2v) is 6.52. The fourth-order valence-corrected chi connectivity index (χ4v) is 2.97. The molecule has 0 radical (unpaired) electrons. The van der Waals surface area contributed by atoms with E-state index in [-0.39, 0.29) is 17.9 Å². The predicted molar refractivity (Wildman–Crippen MR) is 87.2 cm³/mol. The largest absolute Gasteiger partial charge is 0.425 e. The minimum atomic E-state index is 0.0267. The second kappa shape index (κ2) is 7.07. The Bertz CT molecular complexity index is 713. The van der Waals surface area contributed by atoms with Crippen LogP contribution in [0.25, 0.3) is 0 Å². The van der Waals surface area contributed by atoms with Gasteiger partial charge in [0.2, 0.25) is 17.7 Å². The molecule has 0 aromatic carbocycles. The summed E-state index contributed by atoms with van der Waals surface area (Å²) >= 11 is 0. The molecule has 3 heterocycles. The SMILES string of the molecule is Cc1cncc([C@H]2CCCN2C(=O)CCc2nnc(C(C)C)o2)n1. The quantitative estimate of drug-likeness (QED) is 0.838. The highest BCUT2D eigenvalue weighted by Crippen LogP contribution is 2.31. The van der Waals surface area contributed by atoms with E-state index in [1.54, 1.807) is 12.4 Å². The third-order valence-corrected chi connectivity index (χ3v) is 4.22. The van der Waals surface area contributed by atoms with Crippen molar-refractivity contribution in [3.8, 4) is 0 Å². The Morgan fingerprint density at radius 3 is 2.92 bits per heavy atom. The first-order valence-corrected chi connectivity index (χ1v) is 8.45. The number of rotatable bonds is 5. The number of carbonyl (C=O) groups is 1. The molecule has 1 aliphatic heterocycles. The number of amides is 1. The zero-order valence-corrected chi connectivity index (χ0v) is 14.4. The van der Waals surface area contributed by atoms with Crippen LogP contribution in [0.2, 0.25) is 0 Å². The summed E-state index contributed by atoms with van der Waals surface area (Å²) in [6.07, 6.45) is 6.26. The Balaban J connectivity index is 1.63. The van der Waals surface area contributed by atoms with Crippen LogP contribution < -0.4 is 0 Å². The van der Waals surface area contributed by atoms with Crippen LogP contribution in [0, 0.1) is 6.92 Å². The number of hydrogen-bond acceptors (Lipinski definition) is 6. The number of likely N-dealkylation sites (tertiary alicyclic amines) is 1. The van der Waals surface area contributed by atoms with E-state index in [1.165, 1.54) is 0 Å². The highest BCUT2D eigenvalue weighted by molar-refractivity contribution is 5.77. The van der Waals surface area contributed by atoms with E-state index in [2.05, 4.69) is 20.2 Å². The molecule has 0 N–H and O–H groups in total. The van der Waals surface area contributed by atoms with E-state index in [9.17, 15) is 4.79 Å². The van der Waals surface area contributed by atoms with Crippen molar-refractivity contribution in [3.63, 3.8) is 0 Å². The summed E-state index contributed by atoms with van der Waals surface area (Å²) in [4.78, 5) is 23.3. The summed E-state index contributed by atoms with van der Waals surface area (Å²) in [6, 6.07) is 0.0267. The van der Waals surface area contributed by atoms with Crippen molar-refractivity contribution in [1.82, 2.24) is 25.1 Å². The summed E-state index contributed by atoms with van der Waals surface area (Å²) < 4.78 is 5.57. The molecule has 1 amide bonds. The Morgan fingerprint density at radius 2 is 2.21 bits per heavy atom. The van der Waals surface area contributed by atoms with Gasteiger partial charge < -0.3 is 9.32 Å². The molecule has 1 aliphatic rings. The van der Waals surface area contributed by atoms with Crippen LogP contribution in [0.5, 0.6) is 0 Å². The molecule has 1 atom stereocenters. The van der Waals surface area contributed by atoms with E-state index in [0.717, 1.165) is 30.8 Å². The first-order chi connectivity index (χ1) is 11.5. The maximum absolute atomic E-state index is 12.6. The lowest BCUT2D eigenvalue weighted by atomic mass is 10.1. The van der Waals surface area contributed by atoms with Gasteiger partial charge in [-0.3, -0.25) is 14.8 Å². The van der Waals surface area contributed by atoms with Crippen LogP contribution in [0.3, 0.4) is 0 Å². The van der Waals surface area contributed by atoms with Gasteiger partial charge in [-0.05, 0) is 19.8 Å². The minimum Gasteiger partial charge on any atom is -0.425 e. The lowest BCUT2D eigenvalue weighted by Crippen LogP contribution is -2.31. The van der Waals surface area contributed by atoms with E-state index < -0.39 is 0 Å². The van der Waals surface area contributed by atoms with E-state index >= 15 is 0 Å². The van der Waals surface area contributed by atoms with Crippen molar-refractivity contribution in [1.29, 1.82) is 0 Å². The molecule has 0 saturated carbocycles. The second-order valence-electron chi connectivity index (χ2n) is 6.52. The van der Waals surface area contributed by atoms with Gasteiger partial charge in [0.25, 0.3) is 0 Å². The van der Waals surface area contributed by atoms with Crippen LogP contribution in [0.4, 0.5) is 0 Å². The number of hydrogen-bond donors (Lipinski definition) is 0. The predicted octanol–water partition coefficient (Wildman–Crippen LogP) is 2.59. The highest BCUT2D eigenvalue weighted by atomic mass is 16.4. The summed E-state index contributed by atoms with van der Waals surface area (Å²) in [5.41, 5.74) is 1.75. The van der Waals surface area contributed by atoms with Crippen molar-refractivity contribution < 1.29 is 9.21 Å². The Hall–Kier alpha value is -2.31. The molecule has 0 bridgehead atoms. The maximum Gasteiger partial charge on any atom is 0.223 e. The molecule has 2 aromatic rings. The lowest BCUT2D eigenvalue weighted by molar-refractivity contribution is -0.132. The molecule has 7 heteroatoms. The van der Waals surface area contributed by atoms with Gasteiger partial charge in [0.1, 0.15) is 0 Å². The molecular formula is C17H23N5O2. The molecule has 0 aliphatic carbocycles. The molecule has 1 fully saturated rings. The van der Waals surface area contributed by atoms with Gasteiger partial charge in [-0.15, -0.1) is 10.2 Å². The molecule has 1 saturated heterocycles. The van der Waals surface area contributed by atoms with Gasteiger partial charge in [-0.25, -0.2) is 0 Å². The molecular weight excluding hydrogens is 306 g/mol. The fourth-order valence-electron chi connectivity index (χ4n) is 2.97. The third-order valence-electron chi connectivity index (χ3n) is 4.22. The molecule has 128 valence electrons. The highest BCUT2D eigenvalue weighted by Gasteiger charge is 2.31. The topological polar surface area (TPSA) is 85.0 Å². The molecule has 2 aromatic heterocycles. The number of carbonyl (C=O) groups excluding carboxylic acids is 1. The Morgan fingerprint density at radius 1 is 1.38 bits per heavy atom.